The summed E-state index contributed by atoms with van der Waals surface area (Å²) < 4.78 is 4.99. The van der Waals surface area contributed by atoms with E-state index in [1.54, 1.807) is 0 Å². The number of ether oxygens (including phenoxy) is 1. The lowest BCUT2D eigenvalue weighted by molar-refractivity contribution is -0.123. The zero-order valence-electron chi connectivity index (χ0n) is 10.1. The molecule has 0 unspecified atom stereocenters. The zero-order chi connectivity index (χ0) is 14.9. The van der Waals surface area contributed by atoms with Crippen LogP contribution < -0.4 is 15.4 Å². The summed E-state index contributed by atoms with van der Waals surface area (Å²) in [5.41, 5.74) is 0.206. The van der Waals surface area contributed by atoms with Gasteiger partial charge in [-0.15, -0.1) is 0 Å². The van der Waals surface area contributed by atoms with Gasteiger partial charge in [0.1, 0.15) is 5.57 Å². The SMILES string of the molecule is COc1c(Cl)cc(C=C2C(=O)NC(=O)NC2=O)cc1Cl. The Hall–Kier alpha value is -2.05. The maximum atomic E-state index is 11.6. The van der Waals surface area contributed by atoms with Crippen LogP contribution in [0.3, 0.4) is 0 Å². The Kier molecular flexibility index (Phi) is 3.96. The highest BCUT2D eigenvalue weighted by molar-refractivity contribution is 6.37. The van der Waals surface area contributed by atoms with E-state index in [-0.39, 0.29) is 15.6 Å². The quantitative estimate of drug-likeness (QED) is 0.643. The number of urea groups is 1. The van der Waals surface area contributed by atoms with E-state index in [9.17, 15) is 14.4 Å². The second-order valence-electron chi connectivity index (χ2n) is 3.81. The number of hydrogen-bond acceptors (Lipinski definition) is 4. The fourth-order valence-corrected chi connectivity index (χ4v) is 2.29. The van der Waals surface area contributed by atoms with Crippen molar-refractivity contribution in [1.29, 1.82) is 0 Å². The van der Waals surface area contributed by atoms with Crippen LogP contribution in [0.1, 0.15) is 5.56 Å². The normalized spacial score (nSPS) is 14.8. The molecule has 0 saturated carbocycles. The van der Waals surface area contributed by atoms with Crippen LogP contribution in [0.25, 0.3) is 6.08 Å². The van der Waals surface area contributed by atoms with E-state index < -0.39 is 17.8 Å². The molecule has 0 radical (unpaired) electrons. The van der Waals surface area contributed by atoms with Crippen LogP contribution >= 0.6 is 23.2 Å². The van der Waals surface area contributed by atoms with Crippen molar-refractivity contribution in [2.45, 2.75) is 0 Å². The van der Waals surface area contributed by atoms with Crippen molar-refractivity contribution in [3.63, 3.8) is 0 Å². The lowest BCUT2D eigenvalue weighted by atomic mass is 10.1. The Morgan fingerprint density at radius 1 is 1.05 bits per heavy atom. The molecule has 0 bridgehead atoms. The lowest BCUT2D eigenvalue weighted by Gasteiger charge is -2.14. The first-order valence-electron chi connectivity index (χ1n) is 5.33. The molecule has 0 atom stereocenters. The third-order valence-corrected chi connectivity index (χ3v) is 3.04. The van der Waals surface area contributed by atoms with Crippen LogP contribution in [0.15, 0.2) is 17.7 Å². The molecule has 1 aliphatic rings. The molecule has 20 heavy (non-hydrogen) atoms. The second-order valence-corrected chi connectivity index (χ2v) is 4.63. The minimum Gasteiger partial charge on any atom is -0.494 e. The standard InChI is InChI=1S/C12H8Cl2N2O4/c1-20-9-7(13)3-5(4-8(9)14)2-6-10(17)15-12(19)16-11(6)18/h2-4H,1H3,(H2,15,16,17,18,19). The van der Waals surface area contributed by atoms with Gasteiger partial charge in [0.05, 0.1) is 17.2 Å². The Balaban J connectivity index is 2.42. The molecule has 1 aromatic rings. The zero-order valence-corrected chi connectivity index (χ0v) is 11.6. The molecule has 8 heteroatoms. The van der Waals surface area contributed by atoms with E-state index in [0.717, 1.165) is 0 Å². The van der Waals surface area contributed by atoms with Gasteiger partial charge in [-0.25, -0.2) is 4.79 Å². The van der Waals surface area contributed by atoms with Gasteiger partial charge in [0.2, 0.25) is 0 Å². The summed E-state index contributed by atoms with van der Waals surface area (Å²) in [7, 11) is 1.42. The Bertz CT molecular complexity index is 610. The van der Waals surface area contributed by atoms with Gasteiger partial charge in [0.15, 0.2) is 5.75 Å². The van der Waals surface area contributed by atoms with Crippen LogP contribution in [0.4, 0.5) is 4.79 Å². The van der Waals surface area contributed by atoms with Crippen molar-refractivity contribution in [3.8, 4) is 5.75 Å². The Morgan fingerprint density at radius 3 is 2.00 bits per heavy atom. The molecule has 1 aliphatic heterocycles. The van der Waals surface area contributed by atoms with Crippen molar-refractivity contribution in [2.75, 3.05) is 7.11 Å². The second kappa shape index (κ2) is 5.52. The first-order valence-corrected chi connectivity index (χ1v) is 6.09. The third kappa shape index (κ3) is 2.76. The number of nitrogens with one attached hydrogen (secondary N) is 2. The monoisotopic (exact) mass is 314 g/mol. The number of methoxy groups -OCH3 is 1. The van der Waals surface area contributed by atoms with E-state index in [2.05, 4.69) is 0 Å². The van der Waals surface area contributed by atoms with Crippen LogP contribution in [0, 0.1) is 0 Å². The molecule has 1 heterocycles. The van der Waals surface area contributed by atoms with Gasteiger partial charge in [-0.05, 0) is 23.8 Å². The van der Waals surface area contributed by atoms with Crippen LogP contribution in [0.2, 0.25) is 10.0 Å². The highest BCUT2D eigenvalue weighted by Crippen LogP contribution is 2.34. The smallest absolute Gasteiger partial charge is 0.328 e. The topological polar surface area (TPSA) is 84.5 Å². The van der Waals surface area contributed by atoms with Crippen molar-refractivity contribution >= 4 is 47.1 Å². The van der Waals surface area contributed by atoms with E-state index in [1.165, 1.54) is 25.3 Å². The first-order chi connectivity index (χ1) is 9.42. The maximum Gasteiger partial charge on any atom is 0.328 e. The molecule has 2 N–H and O–H groups in total. The lowest BCUT2D eigenvalue weighted by Crippen LogP contribution is -2.51. The van der Waals surface area contributed by atoms with E-state index in [4.69, 9.17) is 27.9 Å². The third-order valence-electron chi connectivity index (χ3n) is 2.48. The number of hydrogen-bond donors (Lipinski definition) is 2. The number of rotatable bonds is 2. The summed E-state index contributed by atoms with van der Waals surface area (Å²) in [5.74, 6) is -1.29. The Morgan fingerprint density at radius 2 is 1.55 bits per heavy atom. The number of carbonyl (C=O) groups excluding carboxylic acids is 3. The van der Waals surface area contributed by atoms with Crippen LogP contribution in [-0.4, -0.2) is 25.0 Å². The minimum absolute atomic E-state index is 0.220. The maximum absolute atomic E-state index is 11.6. The predicted octanol–water partition coefficient (Wildman–Crippen LogP) is 1.75. The fraction of sp³-hybridized carbons (Fsp3) is 0.0833. The fourth-order valence-electron chi connectivity index (χ4n) is 1.63. The van der Waals surface area contributed by atoms with Crippen LogP contribution in [0.5, 0.6) is 5.75 Å². The van der Waals surface area contributed by atoms with Crippen molar-refractivity contribution in [3.05, 3.63) is 33.3 Å². The molecule has 0 spiro atoms. The molecule has 1 aromatic carbocycles. The number of barbiturate groups is 1. The van der Waals surface area contributed by atoms with Crippen molar-refractivity contribution < 1.29 is 19.1 Å². The summed E-state index contributed by atoms with van der Waals surface area (Å²) in [4.78, 5) is 34.0. The van der Waals surface area contributed by atoms with Gasteiger partial charge in [0.25, 0.3) is 11.8 Å². The Labute approximate surface area is 123 Å². The van der Waals surface area contributed by atoms with E-state index in [1.807, 2.05) is 10.6 Å². The van der Waals surface area contributed by atoms with Gasteiger partial charge in [0, 0.05) is 0 Å². The van der Waals surface area contributed by atoms with Crippen molar-refractivity contribution in [2.24, 2.45) is 0 Å². The number of imide groups is 2. The molecule has 104 valence electrons. The summed E-state index contributed by atoms with van der Waals surface area (Å²) in [5, 5.41) is 4.40. The molecule has 1 saturated heterocycles. The first kappa shape index (κ1) is 14.4. The molecular weight excluding hydrogens is 307 g/mol. The molecule has 0 aliphatic carbocycles. The average Bonchev–Trinajstić information content (AvgIpc) is 2.33. The van der Waals surface area contributed by atoms with Crippen LogP contribution in [-0.2, 0) is 9.59 Å². The molecule has 4 amide bonds. The van der Waals surface area contributed by atoms with Gasteiger partial charge in [-0.2, -0.15) is 0 Å². The number of halogens is 2. The molecule has 2 rings (SSSR count). The molecule has 0 aromatic heterocycles. The van der Waals surface area contributed by atoms with Gasteiger partial charge >= 0.3 is 6.03 Å². The summed E-state index contributed by atoms with van der Waals surface area (Å²) in [6.45, 7) is 0. The summed E-state index contributed by atoms with van der Waals surface area (Å²) >= 11 is 11.9. The largest absolute Gasteiger partial charge is 0.494 e. The van der Waals surface area contributed by atoms with Crippen molar-refractivity contribution in [1.82, 2.24) is 10.6 Å². The average molecular weight is 315 g/mol. The van der Waals surface area contributed by atoms with E-state index in [0.29, 0.717) is 11.3 Å². The number of benzene rings is 1. The number of carbonyl (C=O) groups is 3. The van der Waals surface area contributed by atoms with Gasteiger partial charge in [-0.3, -0.25) is 20.2 Å². The summed E-state index contributed by atoms with van der Waals surface area (Å²) in [6, 6.07) is 2.11. The van der Waals surface area contributed by atoms with E-state index >= 15 is 0 Å². The van der Waals surface area contributed by atoms with Gasteiger partial charge in [-0.1, -0.05) is 23.2 Å². The highest BCUT2D eigenvalue weighted by Gasteiger charge is 2.27. The van der Waals surface area contributed by atoms with Gasteiger partial charge < -0.3 is 4.74 Å². The predicted molar refractivity (Wildman–Crippen MR) is 72.7 cm³/mol. The molecular formula is C12H8Cl2N2O4. The molecule has 1 fully saturated rings. The highest BCUT2D eigenvalue weighted by atomic mass is 35.5. The minimum atomic E-state index is -0.858. The number of amides is 4. The molecule has 6 nitrogen and oxygen atoms in total. The summed E-state index contributed by atoms with van der Waals surface area (Å²) in [6.07, 6.45) is 1.27.